The second-order valence-electron chi connectivity index (χ2n) is 5.43. The number of hydrogen-bond donors (Lipinski definition) is 3. The number of carbonyl (C=O) groups is 2. The van der Waals surface area contributed by atoms with Gasteiger partial charge < -0.3 is 15.4 Å². The Morgan fingerprint density at radius 1 is 1.04 bits per heavy atom. The Morgan fingerprint density at radius 3 is 2.22 bits per heavy atom. The van der Waals surface area contributed by atoms with E-state index >= 15 is 0 Å². The third kappa shape index (κ3) is 5.95. The molecule has 0 aromatic heterocycles. The van der Waals surface area contributed by atoms with Crippen molar-refractivity contribution in [2.45, 2.75) is 11.8 Å². The topological polar surface area (TPSA) is 114 Å². The van der Waals surface area contributed by atoms with Gasteiger partial charge in [-0.25, -0.2) is 13.1 Å². The molecule has 0 saturated heterocycles. The Labute approximate surface area is 161 Å². The van der Waals surface area contributed by atoms with E-state index in [9.17, 15) is 18.0 Å². The van der Waals surface area contributed by atoms with Gasteiger partial charge in [-0.3, -0.25) is 9.59 Å². The van der Waals surface area contributed by atoms with Crippen LogP contribution in [0, 0.1) is 0 Å². The summed E-state index contributed by atoms with van der Waals surface area (Å²) in [5.74, 6) is -0.369. The highest BCUT2D eigenvalue weighted by Crippen LogP contribution is 2.27. The zero-order valence-corrected chi connectivity index (χ0v) is 16.1. The van der Waals surface area contributed by atoms with Crippen molar-refractivity contribution in [3.63, 3.8) is 0 Å². The lowest BCUT2D eigenvalue weighted by Gasteiger charge is -2.10. The summed E-state index contributed by atoms with van der Waals surface area (Å²) >= 11 is 5.97. The molecule has 0 aliphatic rings. The number of anilines is 2. The summed E-state index contributed by atoms with van der Waals surface area (Å²) in [7, 11) is -2.41. The first-order valence-electron chi connectivity index (χ1n) is 7.72. The molecule has 0 saturated carbocycles. The molecule has 0 atom stereocenters. The van der Waals surface area contributed by atoms with E-state index < -0.39 is 22.5 Å². The van der Waals surface area contributed by atoms with Crippen molar-refractivity contribution in [1.29, 1.82) is 0 Å². The summed E-state index contributed by atoms with van der Waals surface area (Å²) in [5, 5.41) is 5.39. The van der Waals surface area contributed by atoms with Crippen LogP contribution in [0.25, 0.3) is 0 Å². The van der Waals surface area contributed by atoms with Crippen LogP contribution in [0.2, 0.25) is 5.02 Å². The minimum Gasteiger partial charge on any atom is -0.495 e. The number of sulfonamides is 1. The van der Waals surface area contributed by atoms with Crippen LogP contribution in [0.3, 0.4) is 0 Å². The number of halogens is 1. The molecule has 0 heterocycles. The normalized spacial score (nSPS) is 10.9. The number of nitrogens with one attached hydrogen (secondary N) is 3. The van der Waals surface area contributed by atoms with Gasteiger partial charge in [-0.15, -0.1) is 0 Å². The van der Waals surface area contributed by atoms with Crippen LogP contribution in [-0.4, -0.2) is 33.9 Å². The molecular formula is C17H18ClN3O5S. The molecule has 2 amide bonds. The van der Waals surface area contributed by atoms with Crippen LogP contribution in [0.5, 0.6) is 5.75 Å². The number of carbonyl (C=O) groups excluding carboxylic acids is 2. The highest BCUT2D eigenvalue weighted by molar-refractivity contribution is 7.89. The van der Waals surface area contributed by atoms with Crippen molar-refractivity contribution in [2.75, 3.05) is 24.3 Å². The van der Waals surface area contributed by atoms with Gasteiger partial charge in [0.2, 0.25) is 21.8 Å². The maximum atomic E-state index is 12.2. The molecule has 2 aromatic carbocycles. The van der Waals surface area contributed by atoms with Crippen LogP contribution < -0.4 is 20.1 Å². The van der Waals surface area contributed by atoms with Crippen LogP contribution in [0.15, 0.2) is 47.4 Å². The predicted molar refractivity (Wildman–Crippen MR) is 103 cm³/mol. The van der Waals surface area contributed by atoms with Crippen molar-refractivity contribution < 1.29 is 22.7 Å². The van der Waals surface area contributed by atoms with Crippen molar-refractivity contribution in [2.24, 2.45) is 0 Å². The fourth-order valence-electron chi connectivity index (χ4n) is 2.11. The molecule has 27 heavy (non-hydrogen) atoms. The van der Waals surface area contributed by atoms with Crippen molar-refractivity contribution in [3.8, 4) is 5.75 Å². The number of ether oxygens (including phenoxy) is 1. The molecule has 0 spiro atoms. The zero-order chi connectivity index (χ0) is 20.0. The lowest BCUT2D eigenvalue weighted by atomic mass is 10.3. The lowest BCUT2D eigenvalue weighted by molar-refractivity contribution is -0.115. The molecule has 10 heteroatoms. The first-order valence-corrected chi connectivity index (χ1v) is 9.58. The Balaban J connectivity index is 1.96. The van der Waals surface area contributed by atoms with Crippen LogP contribution in [0.1, 0.15) is 6.92 Å². The van der Waals surface area contributed by atoms with E-state index in [1.54, 1.807) is 12.1 Å². The van der Waals surface area contributed by atoms with Gasteiger partial charge in [0, 0.05) is 18.3 Å². The van der Waals surface area contributed by atoms with Gasteiger partial charge in [0.25, 0.3) is 0 Å². The van der Waals surface area contributed by atoms with Crippen LogP contribution in [0.4, 0.5) is 11.4 Å². The van der Waals surface area contributed by atoms with Crippen molar-refractivity contribution >= 4 is 44.8 Å². The Bertz CT molecular complexity index is 946. The molecule has 144 valence electrons. The van der Waals surface area contributed by atoms with E-state index in [1.165, 1.54) is 44.4 Å². The number of benzene rings is 2. The molecule has 8 nitrogen and oxygen atoms in total. The van der Waals surface area contributed by atoms with Gasteiger partial charge in [-0.1, -0.05) is 11.6 Å². The van der Waals surface area contributed by atoms with Crippen molar-refractivity contribution in [1.82, 2.24) is 4.72 Å². The molecule has 0 radical (unpaired) electrons. The lowest BCUT2D eigenvalue weighted by Crippen LogP contribution is -2.32. The summed E-state index contributed by atoms with van der Waals surface area (Å²) in [6, 6.07) is 10.2. The monoisotopic (exact) mass is 411 g/mol. The smallest absolute Gasteiger partial charge is 0.241 e. The van der Waals surface area contributed by atoms with Crippen molar-refractivity contribution in [3.05, 3.63) is 47.5 Å². The summed E-state index contributed by atoms with van der Waals surface area (Å²) in [4.78, 5) is 22.9. The maximum Gasteiger partial charge on any atom is 0.241 e. The first kappa shape index (κ1) is 20.7. The number of methoxy groups -OCH3 is 1. The average molecular weight is 412 g/mol. The SMILES string of the molecule is COc1ccc(NC(=O)CNS(=O)(=O)c2ccc(NC(C)=O)cc2)cc1Cl. The molecule has 0 aliphatic carbocycles. The highest BCUT2D eigenvalue weighted by atomic mass is 35.5. The molecule has 2 aromatic rings. The Kier molecular flexibility index (Phi) is 6.78. The molecule has 3 N–H and O–H groups in total. The van der Waals surface area contributed by atoms with E-state index in [-0.39, 0.29) is 10.8 Å². The summed E-state index contributed by atoms with van der Waals surface area (Å²) < 4.78 is 31.7. The molecule has 0 unspecified atom stereocenters. The highest BCUT2D eigenvalue weighted by Gasteiger charge is 2.16. The molecular weight excluding hydrogens is 394 g/mol. The van der Waals surface area contributed by atoms with E-state index in [1.807, 2.05) is 0 Å². The van der Waals surface area contributed by atoms with Gasteiger partial charge in [0.05, 0.1) is 23.6 Å². The van der Waals surface area contributed by atoms with Gasteiger partial charge >= 0.3 is 0 Å². The fraction of sp³-hybridized carbons (Fsp3) is 0.176. The second kappa shape index (κ2) is 8.85. The standard InChI is InChI=1S/C17H18ClN3O5S/c1-11(22)20-12-3-6-14(7-4-12)27(24,25)19-10-17(23)21-13-5-8-16(26-2)15(18)9-13/h3-9,19H,10H2,1-2H3,(H,20,22)(H,21,23). The van der Waals surface area contributed by atoms with Gasteiger partial charge in [0.15, 0.2) is 0 Å². The summed E-state index contributed by atoms with van der Waals surface area (Å²) in [6.45, 7) is 0.889. The van der Waals surface area contributed by atoms with E-state index in [2.05, 4.69) is 15.4 Å². The average Bonchev–Trinajstić information content (AvgIpc) is 2.60. The van der Waals surface area contributed by atoms with Gasteiger partial charge in [-0.2, -0.15) is 0 Å². The quantitative estimate of drug-likeness (QED) is 0.646. The maximum absolute atomic E-state index is 12.2. The molecule has 0 bridgehead atoms. The Hall–Kier alpha value is -2.62. The summed E-state index contributed by atoms with van der Waals surface area (Å²) in [5.41, 5.74) is 0.875. The van der Waals surface area contributed by atoms with Gasteiger partial charge in [-0.05, 0) is 42.5 Å². The van der Waals surface area contributed by atoms with E-state index in [4.69, 9.17) is 16.3 Å². The minimum atomic E-state index is -3.88. The van der Waals surface area contributed by atoms with Crippen LogP contribution >= 0.6 is 11.6 Å². The third-order valence-corrected chi connectivity index (χ3v) is 5.06. The number of hydrogen-bond acceptors (Lipinski definition) is 5. The minimum absolute atomic E-state index is 0.0307. The van der Waals surface area contributed by atoms with Gasteiger partial charge in [0.1, 0.15) is 5.75 Å². The third-order valence-electron chi connectivity index (χ3n) is 3.34. The first-order chi connectivity index (χ1) is 12.7. The van der Waals surface area contributed by atoms with Crippen LogP contribution in [-0.2, 0) is 19.6 Å². The van der Waals surface area contributed by atoms with E-state index in [0.29, 0.717) is 22.1 Å². The second-order valence-corrected chi connectivity index (χ2v) is 7.60. The summed E-state index contributed by atoms with van der Waals surface area (Å²) in [6.07, 6.45) is 0. The number of amides is 2. The molecule has 2 rings (SSSR count). The fourth-order valence-corrected chi connectivity index (χ4v) is 3.35. The molecule has 0 aliphatic heterocycles. The largest absolute Gasteiger partial charge is 0.495 e. The predicted octanol–water partition coefficient (Wildman–Crippen LogP) is 2.22. The molecule has 0 fully saturated rings. The van der Waals surface area contributed by atoms with E-state index in [0.717, 1.165) is 0 Å². The zero-order valence-electron chi connectivity index (χ0n) is 14.6. The Morgan fingerprint density at radius 2 is 1.67 bits per heavy atom. The number of rotatable bonds is 7.